The Balaban J connectivity index is 1.26. The van der Waals surface area contributed by atoms with Crippen molar-refractivity contribution in [3.05, 3.63) is 125 Å². The maximum Gasteiger partial charge on any atom is 0.237 e. The fourth-order valence-electron chi connectivity index (χ4n) is 5.77. The van der Waals surface area contributed by atoms with Crippen LogP contribution in [-0.2, 0) is 17.8 Å². The van der Waals surface area contributed by atoms with Crippen molar-refractivity contribution in [3.8, 4) is 17.2 Å². The fourth-order valence-corrected chi connectivity index (χ4v) is 5.77. The number of carbonyl (C=O) groups is 1. The smallest absolute Gasteiger partial charge is 0.237 e. The molecule has 0 saturated carbocycles. The lowest BCUT2D eigenvalue weighted by Crippen LogP contribution is -2.49. The maximum atomic E-state index is 13.7. The van der Waals surface area contributed by atoms with Crippen molar-refractivity contribution in [1.29, 1.82) is 0 Å². The molecule has 3 N–H and O–H groups in total. The van der Waals surface area contributed by atoms with E-state index in [4.69, 9.17) is 14.2 Å². The van der Waals surface area contributed by atoms with Crippen LogP contribution in [0, 0.1) is 0 Å². The van der Waals surface area contributed by atoms with Crippen LogP contribution in [0.5, 0.6) is 17.2 Å². The van der Waals surface area contributed by atoms with Crippen molar-refractivity contribution >= 4 is 29.0 Å². The molecule has 0 aliphatic carbocycles. The van der Waals surface area contributed by atoms with E-state index in [-0.39, 0.29) is 18.5 Å². The molecule has 0 unspecified atom stereocenters. The van der Waals surface area contributed by atoms with Crippen molar-refractivity contribution in [2.75, 3.05) is 21.3 Å². The molecule has 1 aliphatic rings. The number of benzene rings is 4. The number of H-pyrrole nitrogens is 1. The van der Waals surface area contributed by atoms with E-state index in [1.54, 1.807) is 33.5 Å². The molecule has 1 aliphatic heterocycles. The van der Waals surface area contributed by atoms with E-state index in [9.17, 15) is 4.79 Å². The number of hydrogen-bond acceptors (Lipinski definition) is 5. The molecule has 1 aromatic heterocycles. The molecule has 5 aromatic rings. The number of fused-ring (bicyclic) bond motifs is 3. The van der Waals surface area contributed by atoms with E-state index in [1.165, 1.54) is 0 Å². The van der Waals surface area contributed by atoms with Gasteiger partial charge in [0, 0.05) is 28.7 Å². The summed E-state index contributed by atoms with van der Waals surface area (Å²) in [5.41, 5.74) is 7.41. The van der Waals surface area contributed by atoms with E-state index in [0.29, 0.717) is 23.7 Å². The van der Waals surface area contributed by atoms with E-state index < -0.39 is 6.04 Å². The molecule has 0 spiro atoms. The SMILES string of the molecule is COc1cc(OC)c(CNC(=O)[C@H]2Cc3c([nH]c4ccccc34)[C@H](c3ccc(C=Cc4ccccc4)cc3)N2)c(OC)c1. The van der Waals surface area contributed by atoms with E-state index in [2.05, 4.69) is 76.3 Å². The highest BCUT2D eigenvalue weighted by Crippen LogP contribution is 2.36. The number of ether oxygens (including phenoxy) is 3. The molecule has 7 heteroatoms. The molecule has 0 bridgehead atoms. The summed E-state index contributed by atoms with van der Waals surface area (Å²) in [6.45, 7) is 0.251. The predicted molar refractivity (Wildman–Crippen MR) is 171 cm³/mol. The third-order valence-corrected chi connectivity index (χ3v) is 8.02. The van der Waals surface area contributed by atoms with Gasteiger partial charge in [-0.3, -0.25) is 10.1 Å². The number of rotatable bonds is 9. The van der Waals surface area contributed by atoms with Crippen LogP contribution in [0.3, 0.4) is 0 Å². The average Bonchev–Trinajstić information content (AvgIpc) is 3.45. The highest BCUT2D eigenvalue weighted by Gasteiger charge is 2.34. The molecule has 6 rings (SSSR count). The van der Waals surface area contributed by atoms with Crippen LogP contribution in [0.1, 0.15) is 39.6 Å². The summed E-state index contributed by atoms with van der Waals surface area (Å²) < 4.78 is 16.5. The summed E-state index contributed by atoms with van der Waals surface area (Å²) in [7, 11) is 4.77. The Morgan fingerprint density at radius 3 is 2.16 bits per heavy atom. The van der Waals surface area contributed by atoms with Crippen molar-refractivity contribution in [3.63, 3.8) is 0 Å². The summed E-state index contributed by atoms with van der Waals surface area (Å²) in [6.07, 6.45) is 4.78. The molecule has 218 valence electrons. The number of aromatic nitrogens is 1. The molecule has 0 fully saturated rings. The van der Waals surface area contributed by atoms with Crippen LogP contribution in [0.25, 0.3) is 23.1 Å². The van der Waals surface area contributed by atoms with Gasteiger partial charge in [-0.2, -0.15) is 0 Å². The summed E-state index contributed by atoms with van der Waals surface area (Å²) in [4.78, 5) is 17.3. The van der Waals surface area contributed by atoms with Gasteiger partial charge in [-0.05, 0) is 34.7 Å². The summed E-state index contributed by atoms with van der Waals surface area (Å²) in [6, 6.07) is 30.0. The normalized spacial score (nSPS) is 16.2. The van der Waals surface area contributed by atoms with Crippen LogP contribution >= 0.6 is 0 Å². The number of nitrogens with one attached hydrogen (secondary N) is 3. The lowest BCUT2D eigenvalue weighted by Gasteiger charge is -2.31. The van der Waals surface area contributed by atoms with Crippen LogP contribution in [0.2, 0.25) is 0 Å². The van der Waals surface area contributed by atoms with Crippen LogP contribution < -0.4 is 24.8 Å². The lowest BCUT2D eigenvalue weighted by atomic mass is 9.89. The van der Waals surface area contributed by atoms with Crippen LogP contribution in [-0.4, -0.2) is 38.3 Å². The van der Waals surface area contributed by atoms with E-state index >= 15 is 0 Å². The van der Waals surface area contributed by atoms with Gasteiger partial charge in [-0.15, -0.1) is 0 Å². The zero-order valence-corrected chi connectivity index (χ0v) is 24.5. The number of hydrogen-bond donors (Lipinski definition) is 3. The fraction of sp³-hybridized carbons (Fsp3) is 0.194. The van der Waals surface area contributed by atoms with E-state index in [1.807, 2.05) is 30.3 Å². The Morgan fingerprint density at radius 1 is 0.837 bits per heavy atom. The van der Waals surface area contributed by atoms with Gasteiger partial charge in [0.25, 0.3) is 0 Å². The average molecular weight is 574 g/mol. The van der Waals surface area contributed by atoms with Gasteiger partial charge >= 0.3 is 0 Å². The summed E-state index contributed by atoms with van der Waals surface area (Å²) in [5.74, 6) is 1.70. The highest BCUT2D eigenvalue weighted by molar-refractivity contribution is 5.88. The van der Waals surface area contributed by atoms with Gasteiger partial charge < -0.3 is 24.5 Å². The first-order chi connectivity index (χ1) is 21.1. The topological polar surface area (TPSA) is 84.6 Å². The molecule has 2 atom stereocenters. The Hall–Kier alpha value is -5.01. The number of carbonyl (C=O) groups excluding carboxylic acids is 1. The minimum atomic E-state index is -0.440. The zero-order chi connectivity index (χ0) is 29.8. The molecular weight excluding hydrogens is 538 g/mol. The molecule has 43 heavy (non-hydrogen) atoms. The molecule has 7 nitrogen and oxygen atoms in total. The molecule has 1 amide bonds. The standard InChI is InChI=1S/C36H35N3O4/c1-41-26-19-32(42-2)29(33(20-26)43-3)22-37-36(40)31-21-28-27-11-7-8-12-30(27)38-35(28)34(39-31)25-17-15-24(16-18-25)14-13-23-9-5-4-6-10-23/h4-20,31,34,38-39H,21-22H2,1-3H3,(H,37,40)/t31-,34+/m1/s1. The maximum absolute atomic E-state index is 13.7. The van der Waals surface area contributed by atoms with E-state index in [0.717, 1.165) is 44.4 Å². The number of methoxy groups -OCH3 is 3. The number of aromatic amines is 1. The Morgan fingerprint density at radius 2 is 1.49 bits per heavy atom. The molecule has 2 heterocycles. The predicted octanol–water partition coefficient (Wildman–Crippen LogP) is 6.28. The molecule has 4 aromatic carbocycles. The second kappa shape index (κ2) is 12.5. The van der Waals surface area contributed by atoms with Crippen molar-refractivity contribution < 1.29 is 19.0 Å². The molecule has 0 radical (unpaired) electrons. The van der Waals surface area contributed by atoms with Gasteiger partial charge in [-0.1, -0.05) is 84.9 Å². The number of para-hydroxylation sites is 1. The minimum absolute atomic E-state index is 0.0942. The number of amides is 1. The Labute approximate surface area is 251 Å². The monoisotopic (exact) mass is 573 g/mol. The highest BCUT2D eigenvalue weighted by atomic mass is 16.5. The lowest BCUT2D eigenvalue weighted by molar-refractivity contribution is -0.123. The first kappa shape index (κ1) is 28.1. The molecular formula is C36H35N3O4. The van der Waals surface area contributed by atoms with Crippen LogP contribution in [0.15, 0.2) is 91.0 Å². The van der Waals surface area contributed by atoms with Crippen molar-refractivity contribution in [2.45, 2.75) is 25.0 Å². The largest absolute Gasteiger partial charge is 0.496 e. The zero-order valence-electron chi connectivity index (χ0n) is 24.5. The van der Waals surface area contributed by atoms with Gasteiger partial charge in [0.05, 0.1) is 45.5 Å². The van der Waals surface area contributed by atoms with Crippen molar-refractivity contribution in [2.24, 2.45) is 0 Å². The second-order valence-electron chi connectivity index (χ2n) is 10.6. The van der Waals surface area contributed by atoms with Gasteiger partial charge in [0.15, 0.2) is 0 Å². The van der Waals surface area contributed by atoms with Gasteiger partial charge in [0.1, 0.15) is 17.2 Å². The van der Waals surface area contributed by atoms with Crippen LogP contribution in [0.4, 0.5) is 0 Å². The Kier molecular flexibility index (Phi) is 8.16. The van der Waals surface area contributed by atoms with Crippen molar-refractivity contribution in [1.82, 2.24) is 15.6 Å². The van der Waals surface area contributed by atoms with Gasteiger partial charge in [-0.25, -0.2) is 0 Å². The Bertz CT molecular complexity index is 1730. The first-order valence-corrected chi connectivity index (χ1v) is 14.3. The minimum Gasteiger partial charge on any atom is -0.496 e. The molecule has 0 saturated heterocycles. The third-order valence-electron chi connectivity index (χ3n) is 8.02. The first-order valence-electron chi connectivity index (χ1n) is 14.3. The summed E-state index contributed by atoms with van der Waals surface area (Å²) >= 11 is 0. The van der Waals surface area contributed by atoms with Gasteiger partial charge in [0.2, 0.25) is 5.91 Å². The second-order valence-corrected chi connectivity index (χ2v) is 10.6. The summed E-state index contributed by atoms with van der Waals surface area (Å²) in [5, 5.41) is 7.89. The quantitative estimate of drug-likeness (QED) is 0.181. The third kappa shape index (κ3) is 5.85.